The predicted molar refractivity (Wildman–Crippen MR) is 76.9 cm³/mol. The molecule has 2 nitrogen and oxygen atoms in total. The fourth-order valence-electron chi connectivity index (χ4n) is 2.29. The Bertz CT molecular complexity index is 601. The monoisotopic (exact) mass is 256 g/mol. The molecule has 0 unspecified atom stereocenters. The average Bonchev–Trinajstić information content (AvgIpc) is 2.62. The lowest BCUT2D eigenvalue weighted by Crippen LogP contribution is -2.04. The molecular formula is C17H20O2. The van der Waals surface area contributed by atoms with E-state index >= 15 is 0 Å². The number of carbonyl (C=O) groups is 1. The van der Waals surface area contributed by atoms with Gasteiger partial charge in [-0.25, -0.2) is 0 Å². The molecule has 0 spiro atoms. The van der Waals surface area contributed by atoms with Crippen LogP contribution in [0.2, 0.25) is 0 Å². The highest BCUT2D eigenvalue weighted by Gasteiger charge is 2.19. The second kappa shape index (κ2) is 5.04. The molecule has 0 aliphatic heterocycles. The lowest BCUT2D eigenvalue weighted by Gasteiger charge is -2.06. The largest absolute Gasteiger partial charge is 0.466 e. The van der Waals surface area contributed by atoms with Crippen LogP contribution in [0.5, 0.6) is 0 Å². The highest BCUT2D eigenvalue weighted by Crippen LogP contribution is 2.24. The number of ketones is 1. The van der Waals surface area contributed by atoms with E-state index in [-0.39, 0.29) is 5.78 Å². The van der Waals surface area contributed by atoms with Gasteiger partial charge in [-0.05, 0) is 32.3 Å². The first-order chi connectivity index (χ1) is 8.91. The molecule has 0 saturated heterocycles. The highest BCUT2D eigenvalue weighted by molar-refractivity contribution is 6.10. The molecule has 0 aliphatic carbocycles. The summed E-state index contributed by atoms with van der Waals surface area (Å²) in [6.45, 7) is 9.95. The Labute approximate surface area is 114 Å². The van der Waals surface area contributed by atoms with E-state index < -0.39 is 0 Å². The second-order valence-corrected chi connectivity index (χ2v) is 5.32. The Balaban J connectivity index is 2.39. The Kier molecular flexibility index (Phi) is 3.61. The molecule has 2 rings (SSSR count). The number of hydrogen-bond acceptors (Lipinski definition) is 2. The SMILES string of the molecule is Cc1oc(C)c(C(=O)c2ccc(C(C)C)cc2)c1C. The molecule has 1 heterocycles. The Morgan fingerprint density at radius 1 is 1.00 bits per heavy atom. The predicted octanol–water partition coefficient (Wildman–Crippen LogP) is 4.56. The number of hydrogen-bond donors (Lipinski definition) is 0. The molecule has 2 heteroatoms. The maximum absolute atomic E-state index is 12.5. The molecule has 0 saturated carbocycles. The van der Waals surface area contributed by atoms with E-state index in [1.165, 1.54) is 5.56 Å². The zero-order valence-electron chi connectivity index (χ0n) is 12.2. The summed E-state index contributed by atoms with van der Waals surface area (Å²) in [7, 11) is 0. The van der Waals surface area contributed by atoms with Crippen molar-refractivity contribution in [3.05, 3.63) is 58.0 Å². The third-order valence-electron chi connectivity index (χ3n) is 3.63. The summed E-state index contributed by atoms with van der Waals surface area (Å²) in [4.78, 5) is 12.5. The lowest BCUT2D eigenvalue weighted by atomic mass is 9.96. The minimum absolute atomic E-state index is 0.0437. The summed E-state index contributed by atoms with van der Waals surface area (Å²) in [5.74, 6) is 2.04. The summed E-state index contributed by atoms with van der Waals surface area (Å²) < 4.78 is 5.53. The molecule has 0 aliphatic rings. The third-order valence-corrected chi connectivity index (χ3v) is 3.63. The van der Waals surface area contributed by atoms with Crippen molar-refractivity contribution >= 4 is 5.78 Å². The van der Waals surface area contributed by atoms with Gasteiger partial charge in [0.1, 0.15) is 11.5 Å². The first-order valence-corrected chi connectivity index (χ1v) is 6.63. The van der Waals surface area contributed by atoms with Crippen LogP contribution >= 0.6 is 0 Å². The smallest absolute Gasteiger partial charge is 0.196 e. The number of benzene rings is 1. The van der Waals surface area contributed by atoms with Gasteiger partial charge in [0.25, 0.3) is 0 Å². The fourth-order valence-corrected chi connectivity index (χ4v) is 2.29. The first kappa shape index (κ1) is 13.6. The van der Waals surface area contributed by atoms with Crippen LogP contribution in [0.15, 0.2) is 28.7 Å². The van der Waals surface area contributed by atoms with Crippen LogP contribution in [-0.2, 0) is 0 Å². The van der Waals surface area contributed by atoms with Gasteiger partial charge < -0.3 is 4.42 Å². The van der Waals surface area contributed by atoms with Crippen LogP contribution in [0.25, 0.3) is 0 Å². The Hall–Kier alpha value is -1.83. The second-order valence-electron chi connectivity index (χ2n) is 5.32. The van der Waals surface area contributed by atoms with Crippen LogP contribution in [0.1, 0.15) is 58.3 Å². The molecule has 19 heavy (non-hydrogen) atoms. The van der Waals surface area contributed by atoms with E-state index in [2.05, 4.69) is 13.8 Å². The zero-order chi connectivity index (χ0) is 14.2. The van der Waals surface area contributed by atoms with Crippen molar-refractivity contribution in [1.29, 1.82) is 0 Å². The van der Waals surface area contributed by atoms with E-state index in [1.54, 1.807) is 0 Å². The van der Waals surface area contributed by atoms with Crippen molar-refractivity contribution in [2.75, 3.05) is 0 Å². The third kappa shape index (κ3) is 2.48. The number of furan rings is 1. The van der Waals surface area contributed by atoms with Gasteiger partial charge in [0.05, 0.1) is 5.56 Å². The molecule has 0 atom stereocenters. The Morgan fingerprint density at radius 2 is 1.58 bits per heavy atom. The molecule has 100 valence electrons. The van der Waals surface area contributed by atoms with E-state index in [4.69, 9.17) is 4.42 Å². The van der Waals surface area contributed by atoms with E-state index in [9.17, 15) is 4.79 Å². The highest BCUT2D eigenvalue weighted by atomic mass is 16.3. The van der Waals surface area contributed by atoms with Gasteiger partial charge in [0.2, 0.25) is 0 Å². The van der Waals surface area contributed by atoms with Gasteiger partial charge in [0.15, 0.2) is 5.78 Å². The summed E-state index contributed by atoms with van der Waals surface area (Å²) in [5, 5.41) is 0. The van der Waals surface area contributed by atoms with Crippen LogP contribution in [0.3, 0.4) is 0 Å². The molecule has 0 bridgehead atoms. The zero-order valence-corrected chi connectivity index (χ0v) is 12.2. The fraction of sp³-hybridized carbons (Fsp3) is 0.353. The minimum atomic E-state index is 0.0437. The standard InChI is InChI=1S/C17H20O2/c1-10(2)14-6-8-15(9-7-14)17(18)16-11(3)12(4)19-13(16)5/h6-10H,1-5H3. The maximum Gasteiger partial charge on any atom is 0.196 e. The topological polar surface area (TPSA) is 30.2 Å². The van der Waals surface area contributed by atoms with Gasteiger partial charge in [0, 0.05) is 11.1 Å². The molecule has 2 aromatic rings. The minimum Gasteiger partial charge on any atom is -0.466 e. The van der Waals surface area contributed by atoms with E-state index in [1.807, 2.05) is 45.0 Å². The molecule has 0 fully saturated rings. The van der Waals surface area contributed by atoms with Crippen molar-refractivity contribution in [2.45, 2.75) is 40.5 Å². The summed E-state index contributed by atoms with van der Waals surface area (Å²) >= 11 is 0. The number of carbonyl (C=O) groups excluding carboxylic acids is 1. The summed E-state index contributed by atoms with van der Waals surface area (Å²) in [6, 6.07) is 7.85. The first-order valence-electron chi connectivity index (χ1n) is 6.63. The van der Waals surface area contributed by atoms with Crippen LogP contribution in [0, 0.1) is 20.8 Å². The summed E-state index contributed by atoms with van der Waals surface area (Å²) in [5.41, 5.74) is 3.61. The van der Waals surface area contributed by atoms with Gasteiger partial charge >= 0.3 is 0 Å². The van der Waals surface area contributed by atoms with Crippen molar-refractivity contribution in [1.82, 2.24) is 0 Å². The molecule has 1 aromatic carbocycles. The molecular weight excluding hydrogens is 236 g/mol. The lowest BCUT2D eigenvalue weighted by molar-refractivity contribution is 0.103. The average molecular weight is 256 g/mol. The van der Waals surface area contributed by atoms with Crippen LogP contribution in [-0.4, -0.2) is 5.78 Å². The number of aryl methyl sites for hydroxylation is 2. The quantitative estimate of drug-likeness (QED) is 0.753. The van der Waals surface area contributed by atoms with Crippen molar-refractivity contribution in [3.63, 3.8) is 0 Å². The van der Waals surface area contributed by atoms with Crippen LogP contribution in [0.4, 0.5) is 0 Å². The maximum atomic E-state index is 12.5. The molecule has 0 radical (unpaired) electrons. The normalized spacial score (nSPS) is 11.1. The van der Waals surface area contributed by atoms with Crippen molar-refractivity contribution in [3.8, 4) is 0 Å². The van der Waals surface area contributed by atoms with Gasteiger partial charge in [-0.15, -0.1) is 0 Å². The Morgan fingerprint density at radius 3 is 2.00 bits per heavy atom. The van der Waals surface area contributed by atoms with Gasteiger partial charge in [-0.2, -0.15) is 0 Å². The van der Waals surface area contributed by atoms with Crippen LogP contribution < -0.4 is 0 Å². The molecule has 0 N–H and O–H groups in total. The van der Waals surface area contributed by atoms with Gasteiger partial charge in [-0.1, -0.05) is 38.1 Å². The number of rotatable bonds is 3. The van der Waals surface area contributed by atoms with Crippen molar-refractivity contribution < 1.29 is 9.21 Å². The van der Waals surface area contributed by atoms with E-state index in [0.717, 1.165) is 16.9 Å². The molecule has 0 amide bonds. The molecule has 1 aromatic heterocycles. The van der Waals surface area contributed by atoms with Gasteiger partial charge in [-0.3, -0.25) is 4.79 Å². The van der Waals surface area contributed by atoms with Crippen molar-refractivity contribution in [2.24, 2.45) is 0 Å². The summed E-state index contributed by atoms with van der Waals surface area (Å²) in [6.07, 6.45) is 0. The van der Waals surface area contributed by atoms with E-state index in [0.29, 0.717) is 17.2 Å².